The van der Waals surface area contributed by atoms with Crippen molar-refractivity contribution in [1.82, 2.24) is 5.32 Å². The molecule has 1 N–H and O–H groups in total. The van der Waals surface area contributed by atoms with Crippen LogP contribution >= 0.6 is 12.4 Å². The Kier molecular flexibility index (Phi) is 6.35. The van der Waals surface area contributed by atoms with Crippen molar-refractivity contribution in [3.63, 3.8) is 0 Å². The highest BCUT2D eigenvalue weighted by Gasteiger charge is 2.32. The number of alkyl halides is 3. The van der Waals surface area contributed by atoms with Crippen LogP contribution in [0, 0.1) is 0 Å². The van der Waals surface area contributed by atoms with E-state index in [-0.39, 0.29) is 24.4 Å². The van der Waals surface area contributed by atoms with E-state index in [0.29, 0.717) is 5.75 Å². The molecular weight excluding hydrogens is 303 g/mol. The molecule has 21 heavy (non-hydrogen) atoms. The molecular formula is C15H21ClF3NO. The van der Waals surface area contributed by atoms with E-state index in [4.69, 9.17) is 4.74 Å². The SMILES string of the molecule is CC(C)Oc1cc(C2CCNCC2)cc(C(F)(F)F)c1.Cl. The number of piperidine rings is 1. The topological polar surface area (TPSA) is 21.3 Å². The Morgan fingerprint density at radius 2 is 1.76 bits per heavy atom. The summed E-state index contributed by atoms with van der Waals surface area (Å²) in [5.41, 5.74) is 0.112. The molecule has 0 atom stereocenters. The highest BCUT2D eigenvalue weighted by Crippen LogP contribution is 2.36. The lowest BCUT2D eigenvalue weighted by molar-refractivity contribution is -0.137. The summed E-state index contributed by atoms with van der Waals surface area (Å²) in [6.45, 7) is 5.32. The smallest absolute Gasteiger partial charge is 0.416 e. The molecule has 0 amide bonds. The first kappa shape index (κ1) is 18.1. The molecule has 1 aromatic rings. The van der Waals surface area contributed by atoms with E-state index in [9.17, 15) is 13.2 Å². The molecule has 1 fully saturated rings. The number of halogens is 4. The summed E-state index contributed by atoms with van der Waals surface area (Å²) in [6.07, 6.45) is -2.75. The molecule has 1 heterocycles. The van der Waals surface area contributed by atoms with Crippen molar-refractivity contribution in [3.05, 3.63) is 29.3 Å². The Hall–Kier alpha value is -0.940. The molecule has 0 aromatic heterocycles. The van der Waals surface area contributed by atoms with Gasteiger partial charge in [-0.15, -0.1) is 12.4 Å². The van der Waals surface area contributed by atoms with Crippen LogP contribution in [0.1, 0.15) is 43.7 Å². The largest absolute Gasteiger partial charge is 0.491 e. The lowest BCUT2D eigenvalue weighted by Gasteiger charge is -2.24. The van der Waals surface area contributed by atoms with Crippen LogP contribution in [0.25, 0.3) is 0 Å². The zero-order valence-corrected chi connectivity index (χ0v) is 13.0. The summed E-state index contributed by atoms with van der Waals surface area (Å²) < 4.78 is 44.4. The number of hydrogen-bond donors (Lipinski definition) is 1. The number of nitrogens with one attached hydrogen (secondary N) is 1. The van der Waals surface area contributed by atoms with E-state index < -0.39 is 11.7 Å². The lowest BCUT2D eigenvalue weighted by Crippen LogP contribution is -2.26. The first-order valence-corrected chi connectivity index (χ1v) is 6.96. The number of benzene rings is 1. The van der Waals surface area contributed by atoms with Crippen LogP contribution < -0.4 is 10.1 Å². The predicted molar refractivity (Wildman–Crippen MR) is 79.3 cm³/mol. The molecule has 120 valence electrons. The van der Waals surface area contributed by atoms with Gasteiger partial charge in [0.2, 0.25) is 0 Å². The molecule has 0 unspecified atom stereocenters. The van der Waals surface area contributed by atoms with Gasteiger partial charge in [0.15, 0.2) is 0 Å². The van der Waals surface area contributed by atoms with Gasteiger partial charge in [-0.05, 0) is 69.5 Å². The van der Waals surface area contributed by atoms with Crippen molar-refractivity contribution in [1.29, 1.82) is 0 Å². The van der Waals surface area contributed by atoms with Crippen LogP contribution in [0.3, 0.4) is 0 Å². The van der Waals surface area contributed by atoms with Crippen molar-refractivity contribution >= 4 is 12.4 Å². The van der Waals surface area contributed by atoms with Crippen LogP contribution in [-0.4, -0.2) is 19.2 Å². The molecule has 0 spiro atoms. The highest BCUT2D eigenvalue weighted by molar-refractivity contribution is 5.85. The van der Waals surface area contributed by atoms with Gasteiger partial charge in [-0.1, -0.05) is 0 Å². The zero-order chi connectivity index (χ0) is 14.8. The quantitative estimate of drug-likeness (QED) is 0.891. The molecule has 6 heteroatoms. The van der Waals surface area contributed by atoms with Gasteiger partial charge in [-0.25, -0.2) is 0 Å². The highest BCUT2D eigenvalue weighted by atomic mass is 35.5. The summed E-state index contributed by atoms with van der Waals surface area (Å²) in [5, 5.41) is 3.22. The van der Waals surface area contributed by atoms with Crippen LogP contribution in [0.5, 0.6) is 5.75 Å². The first-order chi connectivity index (χ1) is 9.36. The van der Waals surface area contributed by atoms with Crippen LogP contribution in [0.2, 0.25) is 0 Å². The van der Waals surface area contributed by atoms with Gasteiger partial charge in [0.05, 0.1) is 11.7 Å². The molecule has 0 bridgehead atoms. The van der Waals surface area contributed by atoms with Crippen molar-refractivity contribution in [2.45, 2.75) is 44.9 Å². The minimum Gasteiger partial charge on any atom is -0.491 e. The standard InChI is InChI=1S/C15H20F3NO.ClH/c1-10(2)20-14-8-12(11-3-5-19-6-4-11)7-13(9-14)15(16,17)18;/h7-11,19H,3-6H2,1-2H3;1H. The molecule has 1 aliphatic rings. The van der Waals surface area contributed by atoms with E-state index in [2.05, 4.69) is 5.32 Å². The third kappa shape index (κ3) is 5.08. The fourth-order valence-corrected chi connectivity index (χ4v) is 2.52. The Labute approximate surface area is 129 Å². The van der Waals surface area contributed by atoms with Crippen LogP contribution in [0.15, 0.2) is 18.2 Å². The first-order valence-electron chi connectivity index (χ1n) is 6.96. The van der Waals surface area contributed by atoms with Gasteiger partial charge >= 0.3 is 6.18 Å². The Balaban J connectivity index is 0.00000220. The molecule has 0 aliphatic carbocycles. The average molecular weight is 324 g/mol. The van der Waals surface area contributed by atoms with Gasteiger partial charge in [-0.3, -0.25) is 0 Å². The van der Waals surface area contributed by atoms with Crippen LogP contribution in [0.4, 0.5) is 13.2 Å². The molecule has 1 aliphatic heterocycles. The average Bonchev–Trinajstić information content (AvgIpc) is 2.37. The monoisotopic (exact) mass is 323 g/mol. The van der Waals surface area contributed by atoms with Crippen LogP contribution in [-0.2, 0) is 6.18 Å². The number of ether oxygens (including phenoxy) is 1. The molecule has 2 nitrogen and oxygen atoms in total. The Morgan fingerprint density at radius 1 is 1.14 bits per heavy atom. The third-order valence-corrected chi connectivity index (χ3v) is 3.44. The normalized spacial score (nSPS) is 16.7. The summed E-state index contributed by atoms with van der Waals surface area (Å²) >= 11 is 0. The fourth-order valence-electron chi connectivity index (χ4n) is 2.52. The lowest BCUT2D eigenvalue weighted by atomic mass is 9.89. The molecule has 0 radical (unpaired) electrons. The van der Waals surface area contributed by atoms with E-state index in [1.807, 2.05) is 13.8 Å². The maximum atomic E-state index is 13.0. The second-order valence-electron chi connectivity index (χ2n) is 5.48. The molecule has 1 aromatic carbocycles. The molecule has 1 saturated heterocycles. The summed E-state index contributed by atoms with van der Waals surface area (Å²) in [5.74, 6) is 0.483. The van der Waals surface area contributed by atoms with Gasteiger partial charge < -0.3 is 10.1 Å². The maximum absolute atomic E-state index is 13.0. The van der Waals surface area contributed by atoms with E-state index in [0.717, 1.165) is 37.6 Å². The summed E-state index contributed by atoms with van der Waals surface area (Å²) in [6, 6.07) is 4.11. The van der Waals surface area contributed by atoms with Gasteiger partial charge in [0.25, 0.3) is 0 Å². The fraction of sp³-hybridized carbons (Fsp3) is 0.600. The van der Waals surface area contributed by atoms with Crippen molar-refractivity contribution in [2.24, 2.45) is 0 Å². The van der Waals surface area contributed by atoms with Crippen molar-refractivity contribution in [3.8, 4) is 5.75 Å². The minimum absolute atomic E-state index is 0. The summed E-state index contributed by atoms with van der Waals surface area (Å²) in [4.78, 5) is 0. The number of rotatable bonds is 3. The van der Waals surface area contributed by atoms with E-state index in [1.54, 1.807) is 6.07 Å². The van der Waals surface area contributed by atoms with Gasteiger partial charge in [-0.2, -0.15) is 13.2 Å². The molecule has 0 saturated carbocycles. The Morgan fingerprint density at radius 3 is 2.29 bits per heavy atom. The second-order valence-corrected chi connectivity index (χ2v) is 5.48. The van der Waals surface area contributed by atoms with E-state index in [1.165, 1.54) is 6.07 Å². The predicted octanol–water partition coefficient (Wildman–Crippen LogP) is 4.38. The number of hydrogen-bond acceptors (Lipinski definition) is 2. The summed E-state index contributed by atoms with van der Waals surface area (Å²) in [7, 11) is 0. The molecule has 2 rings (SSSR count). The third-order valence-electron chi connectivity index (χ3n) is 3.44. The Bertz CT molecular complexity index is 457. The second kappa shape index (κ2) is 7.36. The zero-order valence-electron chi connectivity index (χ0n) is 12.2. The van der Waals surface area contributed by atoms with Crippen molar-refractivity contribution in [2.75, 3.05) is 13.1 Å². The van der Waals surface area contributed by atoms with E-state index >= 15 is 0 Å². The van der Waals surface area contributed by atoms with Crippen molar-refractivity contribution < 1.29 is 17.9 Å². The minimum atomic E-state index is -4.34. The maximum Gasteiger partial charge on any atom is 0.416 e. The van der Waals surface area contributed by atoms with Gasteiger partial charge in [0, 0.05) is 0 Å². The van der Waals surface area contributed by atoms with Gasteiger partial charge in [0.1, 0.15) is 5.75 Å².